The Morgan fingerprint density at radius 3 is 2.78 bits per heavy atom. The topological polar surface area (TPSA) is 76.5 Å². The number of imide groups is 1. The molecule has 0 bridgehead atoms. The number of hydrogen-bond donors (Lipinski definition) is 1. The highest BCUT2D eigenvalue weighted by molar-refractivity contribution is 6.04. The molecule has 1 aromatic carbocycles. The maximum absolute atomic E-state index is 12.8. The zero-order chi connectivity index (χ0) is 18.8. The van der Waals surface area contributed by atoms with Crippen molar-refractivity contribution in [1.82, 2.24) is 20.0 Å². The summed E-state index contributed by atoms with van der Waals surface area (Å²) in [5.41, 5.74) is 2.01. The quantitative estimate of drug-likeness (QED) is 0.820. The molecule has 142 valence electrons. The number of carbonyl (C=O) groups is 2. The fourth-order valence-electron chi connectivity index (χ4n) is 3.99. The summed E-state index contributed by atoms with van der Waals surface area (Å²) in [7, 11) is 1.88. The largest absolute Gasteiger partial charge is 0.372 e. The molecule has 1 aromatic heterocycles. The van der Waals surface area contributed by atoms with E-state index in [0.29, 0.717) is 19.6 Å². The number of ether oxygens (including phenoxy) is 1. The summed E-state index contributed by atoms with van der Waals surface area (Å²) < 4.78 is 7.79. The summed E-state index contributed by atoms with van der Waals surface area (Å²) >= 11 is 0. The van der Waals surface area contributed by atoms with Crippen LogP contribution >= 0.6 is 0 Å². The number of amides is 3. The van der Waals surface area contributed by atoms with Crippen molar-refractivity contribution in [2.45, 2.75) is 31.4 Å². The molecule has 0 radical (unpaired) electrons. The number of aromatic nitrogens is 2. The predicted molar refractivity (Wildman–Crippen MR) is 98.8 cm³/mol. The standard InChI is InChI=1S/C20H24N4O3/c1-23-17(9-10-21-23)18-15(8-5-11-27-18)13-24-19(25)16(22-20(24)26)12-14-6-3-2-4-7-14/h2-4,6-7,9-10,15-16,18H,5,8,11-13H2,1H3,(H,22,26)/t15-,16?,18+/m0/s1. The second-order valence-electron chi connectivity index (χ2n) is 7.21. The second kappa shape index (κ2) is 7.52. The first-order valence-electron chi connectivity index (χ1n) is 9.39. The lowest BCUT2D eigenvalue weighted by Crippen LogP contribution is -2.40. The van der Waals surface area contributed by atoms with E-state index in [1.807, 2.05) is 43.4 Å². The van der Waals surface area contributed by atoms with E-state index in [4.69, 9.17) is 4.74 Å². The maximum atomic E-state index is 12.8. The number of nitrogens with one attached hydrogen (secondary N) is 1. The van der Waals surface area contributed by atoms with Crippen molar-refractivity contribution < 1.29 is 14.3 Å². The normalized spacial score (nSPS) is 25.7. The lowest BCUT2D eigenvalue weighted by atomic mass is 9.91. The fourth-order valence-corrected chi connectivity index (χ4v) is 3.99. The molecular formula is C20H24N4O3. The van der Waals surface area contributed by atoms with Crippen LogP contribution in [0.5, 0.6) is 0 Å². The lowest BCUT2D eigenvalue weighted by molar-refractivity contribution is -0.129. The summed E-state index contributed by atoms with van der Waals surface area (Å²) in [4.78, 5) is 26.7. The number of urea groups is 1. The summed E-state index contributed by atoms with van der Waals surface area (Å²) in [5, 5.41) is 7.06. The van der Waals surface area contributed by atoms with Crippen molar-refractivity contribution in [2.24, 2.45) is 13.0 Å². The molecule has 3 heterocycles. The number of carbonyl (C=O) groups excluding carboxylic acids is 2. The number of aryl methyl sites for hydroxylation is 1. The van der Waals surface area contributed by atoms with Gasteiger partial charge in [0.25, 0.3) is 5.91 Å². The van der Waals surface area contributed by atoms with Crippen molar-refractivity contribution in [3.63, 3.8) is 0 Å². The van der Waals surface area contributed by atoms with Crippen LogP contribution in [0.2, 0.25) is 0 Å². The average Bonchev–Trinajstić information content (AvgIpc) is 3.21. The molecule has 7 heteroatoms. The van der Waals surface area contributed by atoms with Gasteiger partial charge in [0.15, 0.2) is 0 Å². The highest BCUT2D eigenvalue weighted by Gasteiger charge is 2.41. The number of nitrogens with zero attached hydrogens (tertiary/aromatic N) is 3. The van der Waals surface area contributed by atoms with Gasteiger partial charge in [0, 0.05) is 38.7 Å². The molecule has 27 heavy (non-hydrogen) atoms. The van der Waals surface area contributed by atoms with Crippen molar-refractivity contribution in [3.05, 3.63) is 53.9 Å². The minimum Gasteiger partial charge on any atom is -0.372 e. The monoisotopic (exact) mass is 368 g/mol. The smallest absolute Gasteiger partial charge is 0.324 e. The highest BCUT2D eigenvalue weighted by atomic mass is 16.5. The summed E-state index contributed by atoms with van der Waals surface area (Å²) in [6, 6.07) is 10.9. The van der Waals surface area contributed by atoms with Crippen LogP contribution in [0.3, 0.4) is 0 Å². The summed E-state index contributed by atoms with van der Waals surface area (Å²) in [5.74, 6) is -0.0856. The number of rotatable bonds is 5. The molecule has 2 aliphatic rings. The summed E-state index contributed by atoms with van der Waals surface area (Å²) in [6.45, 7) is 1.05. The predicted octanol–water partition coefficient (Wildman–Crippen LogP) is 2.05. The molecule has 0 spiro atoms. The molecule has 0 saturated carbocycles. The molecule has 3 atom stereocenters. The van der Waals surface area contributed by atoms with Crippen LogP contribution < -0.4 is 5.32 Å². The van der Waals surface area contributed by atoms with Crippen LogP contribution in [0.1, 0.15) is 30.2 Å². The van der Waals surface area contributed by atoms with E-state index in [1.54, 1.807) is 10.9 Å². The van der Waals surface area contributed by atoms with Gasteiger partial charge in [-0.25, -0.2) is 4.79 Å². The Balaban J connectivity index is 1.47. The van der Waals surface area contributed by atoms with Gasteiger partial charge in [0.1, 0.15) is 12.1 Å². The summed E-state index contributed by atoms with van der Waals surface area (Å²) in [6.07, 6.45) is 3.94. The SMILES string of the molecule is Cn1nccc1[C@@H]1OCCC[C@H]1CN1C(=O)NC(Cc2ccccc2)C1=O. The first-order valence-corrected chi connectivity index (χ1v) is 9.39. The Kier molecular flexibility index (Phi) is 4.94. The number of hydrogen-bond acceptors (Lipinski definition) is 4. The minimum atomic E-state index is -0.500. The van der Waals surface area contributed by atoms with Gasteiger partial charge < -0.3 is 10.1 Å². The third kappa shape index (κ3) is 3.60. The van der Waals surface area contributed by atoms with Crippen LogP contribution in [0.4, 0.5) is 4.79 Å². The van der Waals surface area contributed by atoms with Crippen LogP contribution in [0.25, 0.3) is 0 Å². The van der Waals surface area contributed by atoms with Gasteiger partial charge in [-0.05, 0) is 24.5 Å². The van der Waals surface area contributed by atoms with Crippen molar-refractivity contribution in [1.29, 1.82) is 0 Å². The Morgan fingerprint density at radius 1 is 1.22 bits per heavy atom. The molecular weight excluding hydrogens is 344 g/mol. The molecule has 4 rings (SSSR count). The average molecular weight is 368 g/mol. The van der Waals surface area contributed by atoms with Gasteiger partial charge in [-0.3, -0.25) is 14.4 Å². The van der Waals surface area contributed by atoms with E-state index in [9.17, 15) is 9.59 Å². The van der Waals surface area contributed by atoms with E-state index in [0.717, 1.165) is 24.1 Å². The maximum Gasteiger partial charge on any atom is 0.324 e. The molecule has 1 unspecified atom stereocenters. The molecule has 1 N–H and O–H groups in total. The van der Waals surface area contributed by atoms with E-state index >= 15 is 0 Å². The molecule has 2 fully saturated rings. The Labute approximate surface area is 158 Å². The van der Waals surface area contributed by atoms with Crippen molar-refractivity contribution in [2.75, 3.05) is 13.2 Å². The van der Waals surface area contributed by atoms with E-state index in [1.165, 1.54) is 4.90 Å². The van der Waals surface area contributed by atoms with Gasteiger partial charge in [-0.2, -0.15) is 5.10 Å². The van der Waals surface area contributed by atoms with Gasteiger partial charge in [0.2, 0.25) is 0 Å². The molecule has 0 aliphatic carbocycles. The Morgan fingerprint density at radius 2 is 2.04 bits per heavy atom. The molecule has 2 aliphatic heterocycles. The first-order chi connectivity index (χ1) is 13.1. The second-order valence-corrected chi connectivity index (χ2v) is 7.21. The zero-order valence-electron chi connectivity index (χ0n) is 15.4. The van der Waals surface area contributed by atoms with Gasteiger partial charge in [-0.1, -0.05) is 30.3 Å². The Hall–Kier alpha value is -2.67. The van der Waals surface area contributed by atoms with E-state index in [-0.39, 0.29) is 24.0 Å². The van der Waals surface area contributed by atoms with Crippen LogP contribution in [0.15, 0.2) is 42.6 Å². The molecule has 7 nitrogen and oxygen atoms in total. The third-order valence-corrected chi connectivity index (χ3v) is 5.40. The van der Waals surface area contributed by atoms with Crippen LogP contribution in [-0.4, -0.2) is 45.8 Å². The Bertz CT molecular complexity index is 820. The van der Waals surface area contributed by atoms with Gasteiger partial charge in [-0.15, -0.1) is 0 Å². The highest BCUT2D eigenvalue weighted by Crippen LogP contribution is 2.34. The van der Waals surface area contributed by atoms with E-state index < -0.39 is 6.04 Å². The lowest BCUT2D eigenvalue weighted by Gasteiger charge is -2.33. The first kappa shape index (κ1) is 17.7. The van der Waals surface area contributed by atoms with Crippen LogP contribution in [-0.2, 0) is 23.0 Å². The third-order valence-electron chi connectivity index (χ3n) is 5.40. The van der Waals surface area contributed by atoms with Crippen LogP contribution in [0, 0.1) is 5.92 Å². The van der Waals surface area contributed by atoms with Gasteiger partial charge in [0.05, 0.1) is 5.69 Å². The van der Waals surface area contributed by atoms with Gasteiger partial charge >= 0.3 is 6.03 Å². The van der Waals surface area contributed by atoms with Crippen molar-refractivity contribution in [3.8, 4) is 0 Å². The zero-order valence-corrected chi connectivity index (χ0v) is 15.4. The minimum absolute atomic E-state index is 0.0688. The number of benzene rings is 1. The van der Waals surface area contributed by atoms with E-state index in [2.05, 4.69) is 10.4 Å². The van der Waals surface area contributed by atoms with Crippen molar-refractivity contribution >= 4 is 11.9 Å². The molecule has 2 saturated heterocycles. The molecule has 2 aromatic rings. The fraction of sp³-hybridized carbons (Fsp3) is 0.450. The molecule has 3 amide bonds.